The maximum absolute atomic E-state index is 12.1. The van der Waals surface area contributed by atoms with E-state index in [2.05, 4.69) is 21.2 Å². The monoisotopic (exact) mass is 340 g/mol. The third-order valence-corrected chi connectivity index (χ3v) is 3.28. The van der Waals surface area contributed by atoms with Crippen molar-refractivity contribution in [3.63, 3.8) is 0 Å². The van der Waals surface area contributed by atoms with Crippen LogP contribution >= 0.6 is 27.5 Å². The van der Waals surface area contributed by atoms with Gasteiger partial charge in [0.05, 0.1) is 16.3 Å². The maximum atomic E-state index is 12.1. The molecule has 0 aliphatic rings. The molecular weight excluding hydrogens is 332 g/mol. The Hall–Kier alpha value is -1.72. The number of nitrogens with one attached hydrogen (secondary N) is 1. The predicted molar refractivity (Wildman–Crippen MR) is 79.6 cm³/mol. The number of nitrogens with two attached hydrogens (primary N) is 1. The van der Waals surface area contributed by atoms with Gasteiger partial charge in [0.25, 0.3) is 5.91 Å². The zero-order chi connectivity index (χ0) is 14.0. The van der Waals surface area contributed by atoms with E-state index in [1.54, 1.807) is 18.2 Å². The van der Waals surface area contributed by atoms with Gasteiger partial charge in [-0.15, -0.1) is 0 Å². The SMILES string of the molecule is Nc1ccc(O)cc1C(=O)Nc1cc(Br)ccc1Cl. The molecule has 0 fully saturated rings. The Kier molecular flexibility index (Phi) is 3.97. The Labute approximate surface area is 123 Å². The Balaban J connectivity index is 2.30. The van der Waals surface area contributed by atoms with E-state index in [4.69, 9.17) is 17.3 Å². The molecule has 1 amide bonds. The molecule has 0 unspecified atom stereocenters. The minimum Gasteiger partial charge on any atom is -0.508 e. The maximum Gasteiger partial charge on any atom is 0.257 e. The molecular formula is C13H10BrClN2O2. The molecule has 2 aromatic rings. The third kappa shape index (κ3) is 3.19. The van der Waals surface area contributed by atoms with Crippen LogP contribution in [0.3, 0.4) is 0 Å². The predicted octanol–water partition coefficient (Wildman–Crippen LogP) is 3.64. The Morgan fingerprint density at radius 3 is 2.74 bits per heavy atom. The van der Waals surface area contributed by atoms with E-state index < -0.39 is 5.91 Å². The van der Waals surface area contributed by atoms with Crippen LogP contribution in [0.15, 0.2) is 40.9 Å². The van der Waals surface area contributed by atoms with Gasteiger partial charge in [-0.2, -0.15) is 0 Å². The van der Waals surface area contributed by atoms with Crippen molar-refractivity contribution in [1.29, 1.82) is 0 Å². The van der Waals surface area contributed by atoms with Crippen LogP contribution in [0.1, 0.15) is 10.4 Å². The molecule has 2 aromatic carbocycles. The highest BCUT2D eigenvalue weighted by molar-refractivity contribution is 9.10. The lowest BCUT2D eigenvalue weighted by Crippen LogP contribution is -2.14. The lowest BCUT2D eigenvalue weighted by molar-refractivity contribution is 0.102. The summed E-state index contributed by atoms with van der Waals surface area (Å²) in [5.41, 5.74) is 6.63. The molecule has 0 atom stereocenters. The van der Waals surface area contributed by atoms with Crippen molar-refractivity contribution in [3.05, 3.63) is 51.5 Å². The molecule has 98 valence electrons. The summed E-state index contributed by atoms with van der Waals surface area (Å²) >= 11 is 9.28. The zero-order valence-electron chi connectivity index (χ0n) is 9.65. The number of amides is 1. The van der Waals surface area contributed by atoms with E-state index in [9.17, 15) is 9.90 Å². The van der Waals surface area contributed by atoms with Gasteiger partial charge in [0.15, 0.2) is 0 Å². The number of anilines is 2. The summed E-state index contributed by atoms with van der Waals surface area (Å²) in [6.45, 7) is 0. The van der Waals surface area contributed by atoms with Crippen molar-refractivity contribution < 1.29 is 9.90 Å². The minimum absolute atomic E-state index is 0.0281. The number of halogens is 2. The molecule has 0 heterocycles. The molecule has 0 spiro atoms. The average Bonchev–Trinajstić information content (AvgIpc) is 2.36. The number of carbonyl (C=O) groups is 1. The number of nitrogen functional groups attached to an aromatic ring is 1. The number of phenols is 1. The number of hydrogen-bond acceptors (Lipinski definition) is 3. The summed E-state index contributed by atoms with van der Waals surface area (Å²) in [6.07, 6.45) is 0. The van der Waals surface area contributed by atoms with Crippen LogP contribution in [0.4, 0.5) is 11.4 Å². The van der Waals surface area contributed by atoms with Crippen molar-refractivity contribution in [2.75, 3.05) is 11.1 Å². The molecule has 0 aromatic heterocycles. The van der Waals surface area contributed by atoms with Crippen LogP contribution in [-0.4, -0.2) is 11.0 Å². The fourth-order valence-electron chi connectivity index (χ4n) is 1.52. The number of hydrogen-bond donors (Lipinski definition) is 3. The highest BCUT2D eigenvalue weighted by atomic mass is 79.9. The molecule has 2 rings (SSSR count). The van der Waals surface area contributed by atoms with Crippen molar-refractivity contribution in [3.8, 4) is 5.75 Å². The van der Waals surface area contributed by atoms with Crippen molar-refractivity contribution in [1.82, 2.24) is 0 Å². The highest BCUT2D eigenvalue weighted by Crippen LogP contribution is 2.27. The van der Waals surface area contributed by atoms with Crippen LogP contribution in [0.2, 0.25) is 5.02 Å². The fourth-order valence-corrected chi connectivity index (χ4v) is 2.05. The van der Waals surface area contributed by atoms with Gasteiger partial charge >= 0.3 is 0 Å². The van der Waals surface area contributed by atoms with Crippen molar-refractivity contribution in [2.24, 2.45) is 0 Å². The van der Waals surface area contributed by atoms with Gasteiger partial charge in [-0.1, -0.05) is 27.5 Å². The smallest absolute Gasteiger partial charge is 0.257 e. The first-order valence-corrected chi connectivity index (χ1v) is 6.49. The van der Waals surface area contributed by atoms with Crippen molar-refractivity contribution in [2.45, 2.75) is 0 Å². The van der Waals surface area contributed by atoms with E-state index in [1.807, 2.05) is 0 Å². The second kappa shape index (κ2) is 5.50. The summed E-state index contributed by atoms with van der Waals surface area (Å²) in [4.78, 5) is 12.1. The summed E-state index contributed by atoms with van der Waals surface area (Å²) in [5, 5.41) is 12.4. The lowest BCUT2D eigenvalue weighted by atomic mass is 10.1. The third-order valence-electron chi connectivity index (χ3n) is 2.46. The first-order chi connectivity index (χ1) is 8.97. The summed E-state index contributed by atoms with van der Waals surface area (Å²) < 4.78 is 0.788. The lowest BCUT2D eigenvalue weighted by Gasteiger charge is -2.09. The van der Waals surface area contributed by atoms with Crippen LogP contribution in [0, 0.1) is 0 Å². The second-order valence-electron chi connectivity index (χ2n) is 3.85. The van der Waals surface area contributed by atoms with E-state index in [0.29, 0.717) is 10.7 Å². The number of aromatic hydroxyl groups is 1. The van der Waals surface area contributed by atoms with Gasteiger partial charge < -0.3 is 16.2 Å². The Bertz CT molecular complexity index is 647. The quantitative estimate of drug-likeness (QED) is 0.576. The van der Waals surface area contributed by atoms with Gasteiger partial charge in [-0.05, 0) is 36.4 Å². The fraction of sp³-hybridized carbons (Fsp3) is 0. The topological polar surface area (TPSA) is 75.3 Å². The van der Waals surface area contributed by atoms with E-state index in [1.165, 1.54) is 18.2 Å². The molecule has 19 heavy (non-hydrogen) atoms. The second-order valence-corrected chi connectivity index (χ2v) is 5.17. The molecule has 0 aliphatic heterocycles. The zero-order valence-corrected chi connectivity index (χ0v) is 12.0. The van der Waals surface area contributed by atoms with Crippen LogP contribution in [0.5, 0.6) is 5.75 Å². The molecule has 6 heteroatoms. The molecule has 0 bridgehead atoms. The van der Waals surface area contributed by atoms with E-state index in [-0.39, 0.29) is 17.0 Å². The molecule has 0 radical (unpaired) electrons. The van der Waals surface area contributed by atoms with Gasteiger partial charge in [0.2, 0.25) is 0 Å². The first-order valence-electron chi connectivity index (χ1n) is 5.32. The highest BCUT2D eigenvalue weighted by Gasteiger charge is 2.12. The molecule has 4 nitrogen and oxygen atoms in total. The minimum atomic E-state index is -0.437. The normalized spacial score (nSPS) is 10.2. The molecule has 0 saturated carbocycles. The number of carbonyl (C=O) groups excluding carboxylic acids is 1. The molecule has 0 aliphatic carbocycles. The van der Waals surface area contributed by atoms with Crippen LogP contribution in [0.25, 0.3) is 0 Å². The van der Waals surface area contributed by atoms with Gasteiger partial charge in [-0.3, -0.25) is 4.79 Å². The first kappa shape index (κ1) is 13.7. The number of benzene rings is 2. The molecule has 4 N–H and O–H groups in total. The van der Waals surface area contributed by atoms with Crippen LogP contribution in [-0.2, 0) is 0 Å². The average molecular weight is 342 g/mol. The van der Waals surface area contributed by atoms with Crippen LogP contribution < -0.4 is 11.1 Å². The van der Waals surface area contributed by atoms with Gasteiger partial charge in [-0.25, -0.2) is 0 Å². The van der Waals surface area contributed by atoms with E-state index in [0.717, 1.165) is 4.47 Å². The summed E-state index contributed by atoms with van der Waals surface area (Å²) in [6, 6.07) is 9.29. The van der Waals surface area contributed by atoms with Crippen molar-refractivity contribution >= 4 is 44.8 Å². The largest absolute Gasteiger partial charge is 0.508 e. The van der Waals surface area contributed by atoms with Gasteiger partial charge in [0.1, 0.15) is 5.75 Å². The van der Waals surface area contributed by atoms with E-state index >= 15 is 0 Å². The summed E-state index contributed by atoms with van der Waals surface area (Å²) in [5.74, 6) is -0.465. The summed E-state index contributed by atoms with van der Waals surface area (Å²) in [7, 11) is 0. The van der Waals surface area contributed by atoms with Gasteiger partial charge in [0, 0.05) is 10.2 Å². The number of phenolic OH excluding ortho intramolecular Hbond substituents is 1. The standard InChI is InChI=1S/C13H10BrClN2O2/c14-7-1-3-10(15)12(5-7)17-13(19)9-6-8(18)2-4-11(9)16/h1-6,18H,16H2,(H,17,19). The Morgan fingerprint density at radius 2 is 2.00 bits per heavy atom. The Morgan fingerprint density at radius 1 is 1.26 bits per heavy atom. The molecule has 0 saturated heterocycles. The number of rotatable bonds is 2.